The Kier molecular flexibility index (Phi) is 10.8. The Bertz CT molecular complexity index is 1310. The molecule has 0 aliphatic carbocycles. The van der Waals surface area contributed by atoms with Gasteiger partial charge in [0.05, 0.1) is 39.5 Å². The van der Waals surface area contributed by atoms with E-state index in [9.17, 15) is 10.2 Å². The molecule has 0 radical (unpaired) electrons. The molecular formula is C24H34N8O4S4. The van der Waals surface area contributed by atoms with E-state index < -0.39 is 0 Å². The van der Waals surface area contributed by atoms with Crippen molar-refractivity contribution >= 4 is 76.6 Å². The van der Waals surface area contributed by atoms with Crippen LogP contribution in [0.3, 0.4) is 0 Å². The SMILES string of the molecule is CCC[C@H](CO)N(C)c1nc(SSc2nc(N(C)[C@@H](CO)CCC)c3sc(OC)nc3n2)nc2nc(OC)sc12. The number of likely N-dealkylation sites (N-methyl/N-ethyl adjacent to an activating group) is 2. The molecule has 0 aliphatic heterocycles. The first-order valence-electron chi connectivity index (χ1n) is 12.8. The number of thiazole rings is 2. The van der Waals surface area contributed by atoms with Gasteiger partial charge in [0.25, 0.3) is 10.4 Å². The van der Waals surface area contributed by atoms with Gasteiger partial charge in [0.2, 0.25) is 10.3 Å². The van der Waals surface area contributed by atoms with Crippen LogP contribution in [0.25, 0.3) is 20.7 Å². The van der Waals surface area contributed by atoms with Gasteiger partial charge >= 0.3 is 0 Å². The number of hydrogen-bond acceptors (Lipinski definition) is 16. The molecule has 0 unspecified atom stereocenters. The van der Waals surface area contributed by atoms with Gasteiger partial charge in [-0.2, -0.15) is 9.97 Å². The molecule has 0 amide bonds. The number of ether oxygens (including phenoxy) is 2. The van der Waals surface area contributed by atoms with Crippen LogP contribution >= 0.6 is 44.3 Å². The Morgan fingerprint density at radius 3 is 1.43 bits per heavy atom. The highest BCUT2D eigenvalue weighted by Crippen LogP contribution is 2.41. The molecule has 0 spiro atoms. The van der Waals surface area contributed by atoms with Crippen molar-refractivity contribution in [1.29, 1.82) is 0 Å². The third-order valence-electron chi connectivity index (χ3n) is 6.36. The summed E-state index contributed by atoms with van der Waals surface area (Å²) in [4.78, 5) is 32.0. The fraction of sp³-hybridized carbons (Fsp3) is 0.583. The highest BCUT2D eigenvalue weighted by molar-refractivity contribution is 8.76. The summed E-state index contributed by atoms with van der Waals surface area (Å²) < 4.78 is 12.3. The molecule has 4 heterocycles. The van der Waals surface area contributed by atoms with E-state index in [2.05, 4.69) is 33.8 Å². The van der Waals surface area contributed by atoms with Gasteiger partial charge in [-0.25, -0.2) is 19.9 Å². The number of anilines is 2. The minimum Gasteiger partial charge on any atom is -0.473 e. The largest absolute Gasteiger partial charge is 0.473 e. The standard InChI is InChI=1S/C24H34N8O4S4/c1-7-9-13(11-33)31(3)19-15-17(27-23(35-5)37-15)25-21(29-19)39-40-22-26-18-16(38-24(28-18)36-6)20(30-22)32(4)14(12-34)10-8-2/h13-14,33-34H,7-12H2,1-6H3/t13-,14-/m1/s1. The highest BCUT2D eigenvalue weighted by Gasteiger charge is 2.24. The molecule has 12 nitrogen and oxygen atoms in total. The first-order chi connectivity index (χ1) is 19.4. The molecule has 0 fully saturated rings. The van der Waals surface area contributed by atoms with E-state index in [0.29, 0.717) is 43.6 Å². The van der Waals surface area contributed by atoms with Gasteiger partial charge in [0.15, 0.2) is 22.9 Å². The van der Waals surface area contributed by atoms with E-state index in [1.165, 1.54) is 44.3 Å². The van der Waals surface area contributed by atoms with Crippen LogP contribution < -0.4 is 19.3 Å². The Morgan fingerprint density at radius 1 is 0.700 bits per heavy atom. The lowest BCUT2D eigenvalue weighted by atomic mass is 10.1. The Morgan fingerprint density at radius 2 is 1.10 bits per heavy atom. The van der Waals surface area contributed by atoms with Gasteiger partial charge in [-0.1, -0.05) is 49.4 Å². The number of methoxy groups -OCH3 is 2. The lowest BCUT2D eigenvalue weighted by Gasteiger charge is -2.28. The molecule has 0 aliphatic rings. The second-order valence-electron chi connectivity index (χ2n) is 8.97. The molecule has 4 aromatic rings. The molecule has 0 saturated carbocycles. The molecule has 16 heteroatoms. The quantitative estimate of drug-likeness (QED) is 0.141. The summed E-state index contributed by atoms with van der Waals surface area (Å²) in [5, 5.41) is 22.0. The van der Waals surface area contributed by atoms with Gasteiger partial charge < -0.3 is 29.5 Å². The van der Waals surface area contributed by atoms with Crippen molar-refractivity contribution in [2.45, 2.75) is 61.9 Å². The number of aromatic nitrogens is 6. The third kappa shape index (κ3) is 6.62. The van der Waals surface area contributed by atoms with Crippen LogP contribution in [-0.2, 0) is 0 Å². The normalized spacial score (nSPS) is 13.1. The van der Waals surface area contributed by atoms with Crippen molar-refractivity contribution in [3.05, 3.63) is 0 Å². The van der Waals surface area contributed by atoms with Gasteiger partial charge in [0.1, 0.15) is 9.40 Å². The molecule has 4 aromatic heterocycles. The predicted molar refractivity (Wildman–Crippen MR) is 164 cm³/mol. The van der Waals surface area contributed by atoms with Crippen LogP contribution in [0.1, 0.15) is 39.5 Å². The van der Waals surface area contributed by atoms with Crippen LogP contribution in [0.2, 0.25) is 0 Å². The van der Waals surface area contributed by atoms with Crippen molar-refractivity contribution in [1.82, 2.24) is 29.9 Å². The van der Waals surface area contributed by atoms with E-state index in [1.54, 1.807) is 14.2 Å². The van der Waals surface area contributed by atoms with Gasteiger partial charge in [-0.05, 0) is 34.4 Å². The maximum atomic E-state index is 10.0. The monoisotopic (exact) mass is 626 g/mol. The number of nitrogens with zero attached hydrogens (tertiary/aromatic N) is 8. The van der Waals surface area contributed by atoms with Gasteiger partial charge in [0, 0.05) is 14.1 Å². The number of aliphatic hydroxyl groups is 2. The van der Waals surface area contributed by atoms with Crippen molar-refractivity contribution in [3.63, 3.8) is 0 Å². The lowest BCUT2D eigenvalue weighted by Crippen LogP contribution is -2.35. The fourth-order valence-electron chi connectivity index (χ4n) is 4.17. The average Bonchev–Trinajstić information content (AvgIpc) is 3.59. The van der Waals surface area contributed by atoms with E-state index in [-0.39, 0.29) is 25.3 Å². The number of fused-ring (bicyclic) bond motifs is 2. The molecule has 0 aromatic carbocycles. The number of hydrogen-bond donors (Lipinski definition) is 2. The van der Waals surface area contributed by atoms with Crippen molar-refractivity contribution in [2.24, 2.45) is 0 Å². The molecule has 0 saturated heterocycles. The van der Waals surface area contributed by atoms with Crippen LogP contribution in [0.15, 0.2) is 10.3 Å². The Hall–Kier alpha value is -2.24. The van der Waals surface area contributed by atoms with Crippen LogP contribution in [0.5, 0.6) is 10.4 Å². The van der Waals surface area contributed by atoms with E-state index in [0.717, 1.165) is 35.1 Å². The first kappa shape index (κ1) is 30.7. The summed E-state index contributed by atoms with van der Waals surface area (Å²) in [6.07, 6.45) is 3.50. The molecular weight excluding hydrogens is 593 g/mol. The zero-order valence-corrected chi connectivity index (χ0v) is 26.6. The minimum absolute atomic E-state index is 0.0110. The maximum Gasteiger partial charge on any atom is 0.275 e. The zero-order chi connectivity index (χ0) is 28.8. The molecule has 40 heavy (non-hydrogen) atoms. The maximum absolute atomic E-state index is 10.0. The summed E-state index contributed by atoms with van der Waals surface area (Å²) in [7, 11) is 9.63. The molecule has 0 bridgehead atoms. The smallest absolute Gasteiger partial charge is 0.275 e. The van der Waals surface area contributed by atoms with Crippen LogP contribution in [0, 0.1) is 0 Å². The third-order valence-corrected chi connectivity index (χ3v) is 10.3. The topological polar surface area (TPSA) is 143 Å². The Balaban J connectivity index is 1.69. The molecule has 2 atom stereocenters. The van der Waals surface area contributed by atoms with Gasteiger partial charge in [-0.3, -0.25) is 0 Å². The summed E-state index contributed by atoms with van der Waals surface area (Å²) in [6.45, 7) is 4.20. The summed E-state index contributed by atoms with van der Waals surface area (Å²) in [5.74, 6) is 1.38. The van der Waals surface area contributed by atoms with E-state index in [4.69, 9.17) is 19.4 Å². The lowest BCUT2D eigenvalue weighted by molar-refractivity contribution is 0.255. The predicted octanol–water partition coefficient (Wildman–Crippen LogP) is 4.50. The van der Waals surface area contributed by atoms with Crippen molar-refractivity contribution < 1.29 is 19.7 Å². The first-order valence-corrected chi connectivity index (χ1v) is 16.6. The summed E-state index contributed by atoms with van der Waals surface area (Å²) >= 11 is 2.75. The second-order valence-corrected chi connectivity index (χ2v) is 13.0. The summed E-state index contributed by atoms with van der Waals surface area (Å²) in [6, 6.07) is -0.180. The zero-order valence-electron chi connectivity index (χ0n) is 23.3. The van der Waals surface area contributed by atoms with Crippen molar-refractivity contribution in [2.75, 3.05) is 51.3 Å². The fourth-order valence-corrected chi connectivity index (χ4v) is 7.42. The Labute approximate surface area is 249 Å². The number of aliphatic hydroxyl groups excluding tert-OH is 2. The second kappa shape index (κ2) is 14.1. The van der Waals surface area contributed by atoms with Crippen LogP contribution in [0.4, 0.5) is 11.6 Å². The number of rotatable bonds is 15. The molecule has 4 rings (SSSR count). The van der Waals surface area contributed by atoms with Crippen LogP contribution in [-0.4, -0.2) is 93.7 Å². The van der Waals surface area contributed by atoms with Gasteiger partial charge in [-0.15, -0.1) is 0 Å². The molecule has 218 valence electrons. The van der Waals surface area contributed by atoms with E-state index in [1.807, 2.05) is 23.9 Å². The van der Waals surface area contributed by atoms with E-state index >= 15 is 0 Å². The average molecular weight is 627 g/mol. The highest BCUT2D eigenvalue weighted by atomic mass is 33.1. The molecule has 2 N–H and O–H groups in total. The minimum atomic E-state index is -0.0900. The summed E-state index contributed by atoms with van der Waals surface area (Å²) in [5.41, 5.74) is 1.06. The van der Waals surface area contributed by atoms with Crippen molar-refractivity contribution in [3.8, 4) is 10.4 Å².